The van der Waals surface area contributed by atoms with Crippen LogP contribution in [0.5, 0.6) is 0 Å². The molecule has 21 heavy (non-hydrogen) atoms. The number of halogens is 2. The molecule has 3 nitrogen and oxygen atoms in total. The largest absolute Gasteiger partial charge is 0.380 e. The van der Waals surface area contributed by atoms with E-state index in [0.717, 1.165) is 15.7 Å². The summed E-state index contributed by atoms with van der Waals surface area (Å²) >= 11 is 9.70. The van der Waals surface area contributed by atoms with Crippen LogP contribution in [-0.4, -0.2) is 24.9 Å². The van der Waals surface area contributed by atoms with Crippen LogP contribution in [0, 0.1) is 0 Å². The van der Waals surface area contributed by atoms with Crippen molar-refractivity contribution in [2.45, 2.75) is 6.54 Å². The van der Waals surface area contributed by atoms with E-state index >= 15 is 0 Å². The van der Waals surface area contributed by atoms with Gasteiger partial charge in [0.25, 0.3) is 5.91 Å². The highest BCUT2D eigenvalue weighted by atomic mass is 79.9. The predicted molar refractivity (Wildman–Crippen MR) is 90.9 cm³/mol. The lowest BCUT2D eigenvalue weighted by Crippen LogP contribution is -2.21. The number of carbonyl (C=O) groups is 1. The molecule has 0 aliphatic heterocycles. The molecule has 2 rings (SSSR count). The van der Waals surface area contributed by atoms with Gasteiger partial charge >= 0.3 is 0 Å². The molecule has 0 aliphatic rings. The minimum atomic E-state index is -0.0457. The minimum absolute atomic E-state index is 0.0457. The SMILES string of the molecule is CN(C)C(=O)c1ccc(Cl)c(NCc2ccccc2Br)c1. The second-order valence-electron chi connectivity index (χ2n) is 4.84. The van der Waals surface area contributed by atoms with Crippen molar-refractivity contribution >= 4 is 39.1 Å². The maximum atomic E-state index is 12.0. The first kappa shape index (κ1) is 15.9. The summed E-state index contributed by atoms with van der Waals surface area (Å²) in [6.45, 7) is 0.626. The molecule has 0 unspecified atom stereocenters. The van der Waals surface area contributed by atoms with Crippen LogP contribution in [0.4, 0.5) is 5.69 Å². The van der Waals surface area contributed by atoms with Crippen molar-refractivity contribution in [2.24, 2.45) is 0 Å². The first-order chi connectivity index (χ1) is 9.99. The Morgan fingerprint density at radius 3 is 2.62 bits per heavy atom. The summed E-state index contributed by atoms with van der Waals surface area (Å²) in [5.41, 5.74) is 2.48. The van der Waals surface area contributed by atoms with Crippen molar-refractivity contribution in [3.05, 3.63) is 63.1 Å². The summed E-state index contributed by atoms with van der Waals surface area (Å²) in [5, 5.41) is 3.87. The zero-order valence-electron chi connectivity index (χ0n) is 11.9. The van der Waals surface area contributed by atoms with Gasteiger partial charge in [-0.05, 0) is 29.8 Å². The van der Waals surface area contributed by atoms with Crippen molar-refractivity contribution < 1.29 is 4.79 Å². The summed E-state index contributed by atoms with van der Waals surface area (Å²) in [5.74, 6) is -0.0457. The molecular weight excluding hydrogens is 352 g/mol. The number of benzene rings is 2. The van der Waals surface area contributed by atoms with Crippen LogP contribution in [0.3, 0.4) is 0 Å². The van der Waals surface area contributed by atoms with Crippen LogP contribution < -0.4 is 5.32 Å². The molecule has 0 aromatic heterocycles. The van der Waals surface area contributed by atoms with Crippen LogP contribution in [-0.2, 0) is 6.54 Å². The third kappa shape index (κ3) is 3.99. The molecule has 0 heterocycles. The van der Waals surface area contributed by atoms with E-state index in [0.29, 0.717) is 17.1 Å². The van der Waals surface area contributed by atoms with E-state index in [4.69, 9.17) is 11.6 Å². The number of nitrogens with zero attached hydrogens (tertiary/aromatic N) is 1. The zero-order chi connectivity index (χ0) is 15.4. The van der Waals surface area contributed by atoms with Crippen molar-refractivity contribution in [3.8, 4) is 0 Å². The van der Waals surface area contributed by atoms with E-state index in [9.17, 15) is 4.79 Å². The highest BCUT2D eigenvalue weighted by molar-refractivity contribution is 9.10. The van der Waals surface area contributed by atoms with Crippen molar-refractivity contribution in [1.82, 2.24) is 4.90 Å². The monoisotopic (exact) mass is 366 g/mol. The lowest BCUT2D eigenvalue weighted by atomic mass is 10.1. The Labute approximate surface area is 138 Å². The molecule has 110 valence electrons. The van der Waals surface area contributed by atoms with Gasteiger partial charge in [-0.25, -0.2) is 0 Å². The van der Waals surface area contributed by atoms with E-state index < -0.39 is 0 Å². The number of rotatable bonds is 4. The quantitative estimate of drug-likeness (QED) is 0.868. The van der Waals surface area contributed by atoms with Gasteiger partial charge in [-0.2, -0.15) is 0 Å². The first-order valence-corrected chi connectivity index (χ1v) is 7.64. The highest BCUT2D eigenvalue weighted by Gasteiger charge is 2.10. The van der Waals surface area contributed by atoms with Crippen molar-refractivity contribution in [1.29, 1.82) is 0 Å². The van der Waals surface area contributed by atoms with E-state index in [-0.39, 0.29) is 5.91 Å². The van der Waals surface area contributed by atoms with Crippen LogP contribution in [0.15, 0.2) is 46.9 Å². The number of hydrogen-bond acceptors (Lipinski definition) is 2. The molecular formula is C16H16BrClN2O. The number of hydrogen-bond donors (Lipinski definition) is 1. The number of amides is 1. The van der Waals surface area contributed by atoms with Gasteiger partial charge in [0, 0.05) is 30.7 Å². The highest BCUT2D eigenvalue weighted by Crippen LogP contribution is 2.25. The van der Waals surface area contributed by atoms with Crippen molar-refractivity contribution in [2.75, 3.05) is 19.4 Å². The Hall–Kier alpha value is -1.52. The van der Waals surface area contributed by atoms with Gasteiger partial charge in [-0.1, -0.05) is 45.7 Å². The van der Waals surface area contributed by atoms with Crippen LogP contribution in [0.1, 0.15) is 15.9 Å². The van der Waals surface area contributed by atoms with E-state index in [1.165, 1.54) is 0 Å². The maximum Gasteiger partial charge on any atom is 0.253 e. The topological polar surface area (TPSA) is 32.3 Å². The number of carbonyl (C=O) groups excluding carboxylic acids is 1. The van der Waals surface area contributed by atoms with Crippen molar-refractivity contribution in [3.63, 3.8) is 0 Å². The molecule has 0 radical (unpaired) electrons. The summed E-state index contributed by atoms with van der Waals surface area (Å²) in [4.78, 5) is 13.5. The Balaban J connectivity index is 2.18. The van der Waals surface area contributed by atoms with Crippen LogP contribution in [0.2, 0.25) is 5.02 Å². The minimum Gasteiger partial charge on any atom is -0.380 e. The fraction of sp³-hybridized carbons (Fsp3) is 0.188. The third-order valence-electron chi connectivity index (χ3n) is 3.05. The molecule has 0 bridgehead atoms. The Morgan fingerprint density at radius 1 is 1.24 bits per heavy atom. The van der Waals surface area contributed by atoms with Gasteiger partial charge < -0.3 is 10.2 Å². The first-order valence-electron chi connectivity index (χ1n) is 6.47. The fourth-order valence-corrected chi connectivity index (χ4v) is 2.49. The molecule has 0 atom stereocenters. The van der Waals surface area contributed by atoms with Crippen LogP contribution in [0.25, 0.3) is 0 Å². The van der Waals surface area contributed by atoms with Gasteiger partial charge in [-0.15, -0.1) is 0 Å². The smallest absolute Gasteiger partial charge is 0.253 e. The maximum absolute atomic E-state index is 12.0. The summed E-state index contributed by atoms with van der Waals surface area (Å²) in [6.07, 6.45) is 0. The third-order valence-corrected chi connectivity index (χ3v) is 4.15. The normalized spacial score (nSPS) is 10.3. The lowest BCUT2D eigenvalue weighted by molar-refractivity contribution is 0.0827. The molecule has 2 aromatic rings. The second kappa shape index (κ2) is 6.96. The predicted octanol–water partition coefficient (Wildman–Crippen LogP) is 4.42. The average molecular weight is 368 g/mol. The Kier molecular flexibility index (Phi) is 5.26. The molecule has 1 N–H and O–H groups in total. The average Bonchev–Trinajstić information content (AvgIpc) is 2.47. The summed E-state index contributed by atoms with van der Waals surface area (Å²) in [7, 11) is 3.45. The van der Waals surface area contributed by atoms with Gasteiger partial charge in [0.2, 0.25) is 0 Å². The van der Waals surface area contributed by atoms with Gasteiger partial charge in [0.1, 0.15) is 0 Å². The lowest BCUT2D eigenvalue weighted by Gasteiger charge is -2.14. The Bertz CT molecular complexity index is 658. The summed E-state index contributed by atoms with van der Waals surface area (Å²) < 4.78 is 1.04. The fourth-order valence-electron chi connectivity index (χ4n) is 1.88. The molecule has 0 fully saturated rings. The molecule has 5 heteroatoms. The van der Waals surface area contributed by atoms with E-state index in [2.05, 4.69) is 21.2 Å². The second-order valence-corrected chi connectivity index (χ2v) is 6.10. The number of nitrogens with one attached hydrogen (secondary N) is 1. The molecule has 0 spiro atoms. The van der Waals surface area contributed by atoms with E-state index in [1.54, 1.807) is 37.2 Å². The Morgan fingerprint density at radius 2 is 1.95 bits per heavy atom. The number of anilines is 1. The molecule has 1 amide bonds. The standard InChI is InChI=1S/C16H16BrClN2O/c1-20(2)16(21)11-7-8-14(18)15(9-11)19-10-12-5-3-4-6-13(12)17/h3-9,19H,10H2,1-2H3. The molecule has 2 aromatic carbocycles. The molecule has 0 aliphatic carbocycles. The molecule has 0 saturated carbocycles. The van der Waals surface area contributed by atoms with Crippen LogP contribution >= 0.6 is 27.5 Å². The zero-order valence-corrected chi connectivity index (χ0v) is 14.2. The van der Waals surface area contributed by atoms with Gasteiger partial charge in [-0.3, -0.25) is 4.79 Å². The van der Waals surface area contributed by atoms with E-state index in [1.807, 2.05) is 24.3 Å². The van der Waals surface area contributed by atoms with Gasteiger partial charge in [0.05, 0.1) is 10.7 Å². The molecule has 0 saturated heterocycles. The summed E-state index contributed by atoms with van der Waals surface area (Å²) in [6, 6.07) is 13.2. The van der Waals surface area contributed by atoms with Gasteiger partial charge in [0.15, 0.2) is 0 Å².